The second-order valence-corrected chi connectivity index (χ2v) is 11.0. The van der Waals surface area contributed by atoms with Crippen molar-refractivity contribution >= 4 is 33.0 Å². The number of carbonyl (C=O) groups excluding carboxylic acids is 1. The van der Waals surface area contributed by atoms with Crippen molar-refractivity contribution in [2.75, 3.05) is 18.4 Å². The maximum Gasteiger partial charge on any atom is 0.421 e. The van der Waals surface area contributed by atoms with E-state index in [1.165, 1.54) is 15.8 Å². The van der Waals surface area contributed by atoms with Crippen LogP contribution in [0.2, 0.25) is 0 Å². The number of benzene rings is 1. The van der Waals surface area contributed by atoms with Gasteiger partial charge < -0.3 is 15.0 Å². The van der Waals surface area contributed by atoms with Crippen LogP contribution >= 0.6 is 11.3 Å². The van der Waals surface area contributed by atoms with Gasteiger partial charge in [-0.3, -0.25) is 0 Å². The number of likely N-dealkylation sites (tertiary alicyclic amines) is 1. The van der Waals surface area contributed by atoms with Crippen LogP contribution in [-0.2, 0) is 33.1 Å². The summed E-state index contributed by atoms with van der Waals surface area (Å²) in [6.45, 7) is 0.515. The number of carbonyl (C=O) groups is 1. The molecule has 3 aromatic rings. The normalized spacial score (nSPS) is 15.0. The number of thiazole rings is 1. The highest BCUT2D eigenvalue weighted by molar-refractivity contribution is 7.90. The molecule has 0 unspecified atom stereocenters. The first-order chi connectivity index (χ1) is 17.5. The molecular weight excluding hydrogens is 536 g/mol. The zero-order chi connectivity index (χ0) is 26.6. The Morgan fingerprint density at radius 1 is 1.16 bits per heavy atom. The highest BCUT2D eigenvalue weighted by atomic mass is 32.2. The Bertz CT molecular complexity index is 1330. The summed E-state index contributed by atoms with van der Waals surface area (Å²) in [6, 6.07) is 8.56. The second-order valence-electron chi connectivity index (χ2n) is 8.35. The topological polar surface area (TPSA) is 101 Å². The average molecular weight is 559 g/mol. The molecule has 14 heteroatoms. The molecule has 1 saturated heterocycles. The Balaban J connectivity index is 1.43. The van der Waals surface area contributed by atoms with Crippen molar-refractivity contribution in [3.05, 3.63) is 70.1 Å². The minimum absolute atomic E-state index is 0.0796. The predicted molar refractivity (Wildman–Crippen MR) is 127 cm³/mol. The summed E-state index contributed by atoms with van der Waals surface area (Å²) in [4.78, 5) is 21.1. The summed E-state index contributed by atoms with van der Waals surface area (Å²) in [7, 11) is -4.52. The maximum atomic E-state index is 15.0. The van der Waals surface area contributed by atoms with Gasteiger partial charge in [-0.1, -0.05) is 30.3 Å². The van der Waals surface area contributed by atoms with Gasteiger partial charge in [0.25, 0.3) is 0 Å². The van der Waals surface area contributed by atoms with Gasteiger partial charge in [0.1, 0.15) is 12.2 Å². The van der Waals surface area contributed by atoms with Crippen molar-refractivity contribution in [3.63, 3.8) is 0 Å². The highest BCUT2D eigenvalue weighted by Gasteiger charge is 2.41. The van der Waals surface area contributed by atoms with E-state index >= 15 is 4.39 Å². The molecule has 1 aliphatic rings. The van der Waals surface area contributed by atoms with E-state index in [1.54, 1.807) is 0 Å². The van der Waals surface area contributed by atoms with Crippen LogP contribution in [0.4, 0.5) is 28.0 Å². The van der Waals surface area contributed by atoms with Gasteiger partial charge in [0, 0.05) is 24.5 Å². The lowest BCUT2D eigenvalue weighted by molar-refractivity contribution is -0.139. The summed E-state index contributed by atoms with van der Waals surface area (Å²) >= 11 is 1.10. The van der Waals surface area contributed by atoms with E-state index < -0.39 is 56.0 Å². The van der Waals surface area contributed by atoms with Crippen molar-refractivity contribution in [3.8, 4) is 0 Å². The van der Waals surface area contributed by atoms with E-state index in [0.29, 0.717) is 6.20 Å². The Hall–Kier alpha value is -3.26. The van der Waals surface area contributed by atoms with Crippen molar-refractivity contribution in [1.82, 2.24) is 14.9 Å². The summed E-state index contributed by atoms with van der Waals surface area (Å²) in [5.41, 5.74) is -0.140. The predicted octanol–water partition coefficient (Wildman–Crippen LogP) is 4.88. The van der Waals surface area contributed by atoms with Crippen molar-refractivity contribution in [2.24, 2.45) is 0 Å². The molecule has 2 aromatic heterocycles. The van der Waals surface area contributed by atoms with Crippen molar-refractivity contribution < 1.29 is 35.5 Å². The first-order valence-electron chi connectivity index (χ1n) is 11.1. The molecule has 0 bridgehead atoms. The van der Waals surface area contributed by atoms with Crippen LogP contribution in [-0.4, -0.2) is 48.5 Å². The summed E-state index contributed by atoms with van der Waals surface area (Å²) in [5, 5.41) is 2.75. The van der Waals surface area contributed by atoms with Gasteiger partial charge in [-0.05, 0) is 18.4 Å². The Labute approximate surface area is 214 Å². The van der Waals surface area contributed by atoms with E-state index in [2.05, 4.69) is 15.3 Å². The minimum atomic E-state index is -5.18. The zero-order valence-corrected chi connectivity index (χ0v) is 20.9. The number of hydrogen-bond acceptors (Lipinski definition) is 8. The number of amides is 1. The molecule has 0 radical (unpaired) electrons. The lowest BCUT2D eigenvalue weighted by Crippen LogP contribution is -2.42. The Morgan fingerprint density at radius 3 is 2.49 bits per heavy atom. The molecule has 1 fully saturated rings. The molecular formula is C23H22F4N4O4S2. The number of halogens is 4. The van der Waals surface area contributed by atoms with Crippen LogP contribution < -0.4 is 5.32 Å². The standard InChI is InChI=1S/C23H22F4N4O4S2/c24-20-19(23(25,26)27)18(10-28-21(20)37(33,34)13-17-12-36-14-29-17)30-16-6-8-31(9-7-16)22(32)35-11-15-4-2-1-3-5-15/h1-5,10,12,14,16,30H,6-9,11,13H2. The number of pyridine rings is 1. The Kier molecular flexibility index (Phi) is 7.97. The van der Waals surface area contributed by atoms with Gasteiger partial charge in [0.05, 0.1) is 28.8 Å². The molecule has 1 N–H and O–H groups in total. The minimum Gasteiger partial charge on any atom is -0.445 e. The smallest absolute Gasteiger partial charge is 0.421 e. The SMILES string of the molecule is O=C(OCc1ccccc1)N1CCC(Nc2cnc(S(=O)(=O)Cc3cscn3)c(F)c2C(F)(F)F)CC1. The first kappa shape index (κ1) is 26.8. The fourth-order valence-electron chi connectivity index (χ4n) is 3.88. The summed E-state index contributed by atoms with van der Waals surface area (Å²) in [6.07, 6.45) is -4.50. The van der Waals surface area contributed by atoms with Gasteiger partial charge in [-0.2, -0.15) is 13.2 Å². The van der Waals surface area contributed by atoms with Crippen LogP contribution in [0.3, 0.4) is 0 Å². The van der Waals surface area contributed by atoms with E-state index in [-0.39, 0.29) is 38.2 Å². The third-order valence-corrected chi connectivity index (χ3v) is 7.89. The number of ether oxygens (including phenoxy) is 1. The fourth-order valence-corrected chi connectivity index (χ4v) is 5.82. The fraction of sp³-hybridized carbons (Fsp3) is 0.348. The molecule has 0 spiro atoms. The molecule has 198 valence electrons. The number of piperidine rings is 1. The lowest BCUT2D eigenvalue weighted by Gasteiger charge is -2.32. The first-order valence-corrected chi connectivity index (χ1v) is 13.7. The maximum absolute atomic E-state index is 15.0. The number of alkyl halides is 3. The molecule has 3 heterocycles. The van der Waals surface area contributed by atoms with Crippen LogP contribution in [0.25, 0.3) is 0 Å². The van der Waals surface area contributed by atoms with E-state index in [9.17, 15) is 26.4 Å². The number of nitrogens with zero attached hydrogens (tertiary/aromatic N) is 3. The van der Waals surface area contributed by atoms with Gasteiger partial charge in [0.15, 0.2) is 10.8 Å². The second kappa shape index (κ2) is 11.0. The summed E-state index contributed by atoms with van der Waals surface area (Å²) in [5.74, 6) is -2.74. The third-order valence-electron chi connectivity index (χ3n) is 5.70. The largest absolute Gasteiger partial charge is 0.445 e. The number of rotatable bonds is 7. The molecule has 4 rings (SSSR count). The Morgan fingerprint density at radius 2 is 1.86 bits per heavy atom. The van der Waals surface area contributed by atoms with Crippen LogP contribution in [0.15, 0.2) is 52.4 Å². The van der Waals surface area contributed by atoms with Gasteiger partial charge in [-0.25, -0.2) is 27.6 Å². The van der Waals surface area contributed by atoms with Gasteiger partial charge >= 0.3 is 12.3 Å². The summed E-state index contributed by atoms with van der Waals surface area (Å²) < 4.78 is 86.9. The molecule has 0 atom stereocenters. The quantitative estimate of drug-likeness (QED) is 0.413. The number of anilines is 1. The molecule has 0 saturated carbocycles. The number of aromatic nitrogens is 2. The van der Waals surface area contributed by atoms with Crippen LogP contribution in [0.5, 0.6) is 0 Å². The van der Waals surface area contributed by atoms with Gasteiger partial charge in [-0.15, -0.1) is 11.3 Å². The molecule has 1 aliphatic heterocycles. The van der Waals surface area contributed by atoms with Crippen molar-refractivity contribution in [2.45, 2.75) is 42.4 Å². The van der Waals surface area contributed by atoms with E-state index in [0.717, 1.165) is 16.9 Å². The highest BCUT2D eigenvalue weighted by Crippen LogP contribution is 2.39. The van der Waals surface area contributed by atoms with Crippen molar-refractivity contribution in [1.29, 1.82) is 0 Å². The molecule has 0 aliphatic carbocycles. The molecule has 1 amide bonds. The molecule has 8 nitrogen and oxygen atoms in total. The molecule has 37 heavy (non-hydrogen) atoms. The third kappa shape index (κ3) is 6.55. The molecule has 1 aromatic carbocycles. The van der Waals surface area contributed by atoms with E-state index in [1.807, 2.05) is 30.3 Å². The van der Waals surface area contributed by atoms with Crippen LogP contribution in [0.1, 0.15) is 29.7 Å². The monoisotopic (exact) mass is 558 g/mol. The number of hydrogen-bond donors (Lipinski definition) is 1. The lowest BCUT2D eigenvalue weighted by atomic mass is 10.0. The van der Waals surface area contributed by atoms with Crippen LogP contribution in [0, 0.1) is 5.82 Å². The van der Waals surface area contributed by atoms with E-state index in [4.69, 9.17) is 4.74 Å². The van der Waals surface area contributed by atoms with Gasteiger partial charge in [0.2, 0.25) is 9.84 Å². The zero-order valence-electron chi connectivity index (χ0n) is 19.2. The number of sulfone groups is 1. The average Bonchev–Trinajstić information content (AvgIpc) is 3.35. The number of nitrogens with one attached hydrogen (secondary N) is 1.